The third-order valence-corrected chi connectivity index (χ3v) is 8.40. The van der Waals surface area contributed by atoms with Gasteiger partial charge in [-0.15, -0.1) is 27.8 Å². The van der Waals surface area contributed by atoms with Gasteiger partial charge in [0.2, 0.25) is 5.91 Å². The van der Waals surface area contributed by atoms with E-state index in [2.05, 4.69) is 22.6 Å². The van der Waals surface area contributed by atoms with Crippen LogP contribution in [0, 0.1) is 12.8 Å². The minimum atomic E-state index is -0.512. The predicted octanol–water partition coefficient (Wildman–Crippen LogP) is 4.83. The molecule has 5 rings (SSSR count). The van der Waals surface area contributed by atoms with Crippen LogP contribution < -0.4 is 10.9 Å². The van der Waals surface area contributed by atoms with Gasteiger partial charge in [0.15, 0.2) is 4.83 Å². The summed E-state index contributed by atoms with van der Waals surface area (Å²) in [6, 6.07) is 7.78. The minimum absolute atomic E-state index is 0.212. The van der Waals surface area contributed by atoms with Crippen LogP contribution in [0.25, 0.3) is 21.3 Å². The van der Waals surface area contributed by atoms with Crippen LogP contribution in [0.1, 0.15) is 46.6 Å². The Morgan fingerprint density at radius 1 is 1.25 bits per heavy atom. The molecular weight excluding hydrogens is 496 g/mol. The summed E-state index contributed by atoms with van der Waals surface area (Å²) in [4.78, 5) is 40.8. The van der Waals surface area contributed by atoms with Gasteiger partial charge in [0.1, 0.15) is 17.1 Å². The highest BCUT2D eigenvalue weighted by atomic mass is 32.1. The molecule has 3 heterocycles. The first-order valence-electron chi connectivity index (χ1n) is 11.9. The summed E-state index contributed by atoms with van der Waals surface area (Å²) in [5.74, 6) is -0.399. The number of carbonyl (C=O) groups excluding carboxylic acids is 2. The molecule has 0 saturated heterocycles. The van der Waals surface area contributed by atoms with Crippen molar-refractivity contribution in [3.63, 3.8) is 0 Å². The molecule has 186 valence electrons. The number of rotatable bonds is 6. The predicted molar refractivity (Wildman–Crippen MR) is 142 cm³/mol. The number of aromatic nitrogens is 3. The third-order valence-electron chi connectivity index (χ3n) is 6.36. The summed E-state index contributed by atoms with van der Waals surface area (Å²) in [7, 11) is 0. The lowest BCUT2D eigenvalue weighted by Gasteiger charge is -2.17. The fraction of sp³-hybridized carbons (Fsp3) is 0.346. The fourth-order valence-electron chi connectivity index (χ4n) is 4.50. The van der Waals surface area contributed by atoms with Crippen LogP contribution in [0.2, 0.25) is 0 Å². The highest BCUT2D eigenvalue weighted by Crippen LogP contribution is 2.37. The number of benzene rings is 1. The molecule has 1 aliphatic rings. The van der Waals surface area contributed by atoms with Crippen molar-refractivity contribution in [1.82, 2.24) is 15.0 Å². The Morgan fingerprint density at radius 2 is 2.03 bits per heavy atom. The van der Waals surface area contributed by atoms with Gasteiger partial charge in [0.25, 0.3) is 5.56 Å². The largest absolute Gasteiger partial charge is 0.462 e. The number of amides is 1. The summed E-state index contributed by atoms with van der Waals surface area (Å²) in [5, 5.41) is 13.8. The Hall–Kier alpha value is -3.37. The van der Waals surface area contributed by atoms with Crippen molar-refractivity contribution in [2.45, 2.75) is 46.6 Å². The lowest BCUT2D eigenvalue weighted by Crippen LogP contribution is -2.30. The average molecular weight is 523 g/mol. The molecule has 10 heteroatoms. The first kappa shape index (κ1) is 24.3. The molecule has 1 aliphatic carbocycles. The second-order valence-electron chi connectivity index (χ2n) is 9.07. The van der Waals surface area contributed by atoms with Crippen molar-refractivity contribution in [2.75, 3.05) is 11.9 Å². The van der Waals surface area contributed by atoms with Crippen molar-refractivity contribution >= 4 is 49.8 Å². The van der Waals surface area contributed by atoms with Gasteiger partial charge in [-0.3, -0.25) is 9.59 Å². The molecule has 0 aliphatic heterocycles. The van der Waals surface area contributed by atoms with Gasteiger partial charge in [0.05, 0.1) is 12.0 Å². The monoisotopic (exact) mass is 522 g/mol. The van der Waals surface area contributed by atoms with Crippen molar-refractivity contribution < 1.29 is 14.3 Å². The van der Waals surface area contributed by atoms with Gasteiger partial charge in [-0.1, -0.05) is 42.0 Å². The second-order valence-corrected chi connectivity index (χ2v) is 11.0. The lowest BCUT2D eigenvalue weighted by molar-refractivity contribution is -0.117. The topological polar surface area (TPSA) is 103 Å². The first-order valence-corrected chi connectivity index (χ1v) is 13.6. The van der Waals surface area contributed by atoms with Crippen LogP contribution in [0.5, 0.6) is 0 Å². The molecule has 3 aromatic heterocycles. The summed E-state index contributed by atoms with van der Waals surface area (Å²) < 4.78 is 6.37. The Labute approximate surface area is 215 Å². The van der Waals surface area contributed by atoms with Gasteiger partial charge in [-0.05, 0) is 50.2 Å². The molecule has 1 atom stereocenters. The number of aryl methyl sites for hydroxylation is 2. The highest BCUT2D eigenvalue weighted by molar-refractivity contribution is 7.18. The van der Waals surface area contributed by atoms with Gasteiger partial charge in [0, 0.05) is 15.8 Å². The number of hydrogen-bond acceptors (Lipinski definition) is 8. The molecule has 0 bridgehead atoms. The smallest absolute Gasteiger partial charge is 0.341 e. The van der Waals surface area contributed by atoms with Crippen molar-refractivity contribution in [3.8, 4) is 11.1 Å². The molecule has 0 saturated carbocycles. The standard InChI is InChI=1S/C26H26N4O4S2/c1-4-34-26(33)22-18(16-8-5-14(2)6-9-16)13-35-23(22)27-20(31)12-30-25(32)21-17-10-7-15(3)11-19(17)36-24(21)28-29-30/h5-6,8-9,13,15H,4,7,10-12H2,1-3H3,(H,27,31). The maximum absolute atomic E-state index is 13.2. The van der Waals surface area contributed by atoms with Crippen LogP contribution >= 0.6 is 22.7 Å². The molecule has 1 amide bonds. The van der Waals surface area contributed by atoms with E-state index in [-0.39, 0.29) is 18.7 Å². The van der Waals surface area contributed by atoms with E-state index in [1.54, 1.807) is 6.92 Å². The van der Waals surface area contributed by atoms with Gasteiger partial charge < -0.3 is 10.1 Å². The number of carbonyl (C=O) groups is 2. The summed E-state index contributed by atoms with van der Waals surface area (Å²) in [5.41, 5.74) is 3.68. The van der Waals surface area contributed by atoms with Crippen LogP contribution in [0.4, 0.5) is 5.00 Å². The maximum atomic E-state index is 13.2. The zero-order valence-corrected chi connectivity index (χ0v) is 21.9. The number of fused-ring (bicyclic) bond motifs is 3. The van der Waals surface area contributed by atoms with Crippen LogP contribution in [0.3, 0.4) is 0 Å². The van der Waals surface area contributed by atoms with E-state index >= 15 is 0 Å². The maximum Gasteiger partial charge on any atom is 0.341 e. The van der Waals surface area contributed by atoms with Crippen LogP contribution in [-0.2, 0) is 28.9 Å². The third kappa shape index (κ3) is 4.58. The van der Waals surface area contributed by atoms with Crippen LogP contribution in [-0.4, -0.2) is 33.5 Å². The van der Waals surface area contributed by atoms with Crippen molar-refractivity contribution in [1.29, 1.82) is 0 Å². The van der Waals surface area contributed by atoms with E-state index in [1.165, 1.54) is 27.6 Å². The average Bonchev–Trinajstić information content (AvgIpc) is 3.42. The number of hydrogen-bond donors (Lipinski definition) is 1. The Morgan fingerprint density at radius 3 is 2.78 bits per heavy atom. The summed E-state index contributed by atoms with van der Waals surface area (Å²) >= 11 is 2.76. The Bertz CT molecular complexity index is 1520. The molecule has 0 radical (unpaired) electrons. The quantitative estimate of drug-likeness (QED) is 0.364. The molecule has 1 N–H and O–H groups in total. The van der Waals surface area contributed by atoms with Gasteiger partial charge in [-0.25, -0.2) is 9.48 Å². The fourth-order valence-corrected chi connectivity index (χ4v) is 6.79. The van der Waals surface area contributed by atoms with E-state index in [4.69, 9.17) is 4.74 Å². The Kier molecular flexibility index (Phi) is 6.72. The Balaban J connectivity index is 1.43. The lowest BCUT2D eigenvalue weighted by atomic mass is 9.89. The number of esters is 1. The zero-order chi connectivity index (χ0) is 25.4. The molecule has 1 unspecified atom stereocenters. The molecular formula is C26H26N4O4S2. The van der Waals surface area contributed by atoms with E-state index in [9.17, 15) is 14.4 Å². The van der Waals surface area contributed by atoms with E-state index < -0.39 is 11.9 Å². The number of ether oxygens (including phenoxy) is 1. The SMILES string of the molecule is CCOC(=O)c1c(-c2ccc(C)cc2)csc1NC(=O)Cn1nnc2sc3c(c2c1=O)CCC(C)C3. The number of thiophene rings is 2. The highest BCUT2D eigenvalue weighted by Gasteiger charge is 2.25. The molecule has 0 fully saturated rings. The first-order chi connectivity index (χ1) is 17.4. The normalized spacial score (nSPS) is 15.0. The number of anilines is 1. The summed E-state index contributed by atoms with van der Waals surface area (Å²) in [6.45, 7) is 5.84. The van der Waals surface area contributed by atoms with Crippen LogP contribution in [0.15, 0.2) is 34.4 Å². The molecule has 36 heavy (non-hydrogen) atoms. The van der Waals surface area contributed by atoms with Crippen molar-refractivity contribution in [2.24, 2.45) is 5.92 Å². The van der Waals surface area contributed by atoms with E-state index in [0.717, 1.165) is 40.6 Å². The zero-order valence-electron chi connectivity index (χ0n) is 20.3. The number of nitrogens with one attached hydrogen (secondary N) is 1. The molecule has 0 spiro atoms. The van der Waals surface area contributed by atoms with Crippen molar-refractivity contribution in [3.05, 3.63) is 61.6 Å². The minimum Gasteiger partial charge on any atom is -0.462 e. The van der Waals surface area contributed by atoms with E-state index in [0.29, 0.717) is 32.3 Å². The number of nitrogens with zero attached hydrogens (tertiary/aromatic N) is 3. The van der Waals surface area contributed by atoms with Gasteiger partial charge in [-0.2, -0.15) is 0 Å². The summed E-state index contributed by atoms with van der Waals surface area (Å²) in [6.07, 6.45) is 2.80. The molecule has 4 aromatic rings. The van der Waals surface area contributed by atoms with E-state index in [1.807, 2.05) is 36.6 Å². The second kappa shape index (κ2) is 9.94. The molecule has 8 nitrogen and oxygen atoms in total. The molecule has 1 aromatic carbocycles. The van der Waals surface area contributed by atoms with Gasteiger partial charge >= 0.3 is 5.97 Å².